The van der Waals surface area contributed by atoms with Crippen LogP contribution in [0.5, 0.6) is 5.75 Å². The third-order valence-corrected chi connectivity index (χ3v) is 4.14. The van der Waals surface area contributed by atoms with Gasteiger partial charge in [0.15, 0.2) is 0 Å². The van der Waals surface area contributed by atoms with Gasteiger partial charge in [0.25, 0.3) is 0 Å². The van der Waals surface area contributed by atoms with Gasteiger partial charge in [-0.1, -0.05) is 12.1 Å². The first-order chi connectivity index (χ1) is 9.16. The van der Waals surface area contributed by atoms with Gasteiger partial charge in [-0.2, -0.15) is 0 Å². The normalized spacial score (nSPS) is 23.6. The van der Waals surface area contributed by atoms with E-state index >= 15 is 0 Å². The lowest BCUT2D eigenvalue weighted by Gasteiger charge is -2.43. The van der Waals surface area contributed by atoms with Gasteiger partial charge in [0.05, 0.1) is 6.61 Å². The second kappa shape index (κ2) is 6.40. The number of piperidine rings is 1. The fourth-order valence-corrected chi connectivity index (χ4v) is 2.93. The van der Waals surface area contributed by atoms with Crippen LogP contribution in [0.15, 0.2) is 24.3 Å². The van der Waals surface area contributed by atoms with E-state index in [4.69, 9.17) is 4.74 Å². The Kier molecular flexibility index (Phi) is 4.83. The van der Waals surface area contributed by atoms with Crippen LogP contribution in [0.25, 0.3) is 0 Å². The number of nitrogens with one attached hydrogen (secondary N) is 1. The maximum atomic E-state index is 5.60. The molecule has 0 bridgehead atoms. The lowest BCUT2D eigenvalue weighted by molar-refractivity contribution is 0.114. The first kappa shape index (κ1) is 14.4. The predicted molar refractivity (Wildman–Crippen MR) is 79.8 cm³/mol. The molecule has 1 unspecified atom stereocenters. The molecule has 0 amide bonds. The molecule has 0 radical (unpaired) electrons. The Morgan fingerprint density at radius 2 is 2.21 bits per heavy atom. The third kappa shape index (κ3) is 3.48. The van der Waals surface area contributed by atoms with Crippen LogP contribution in [0.4, 0.5) is 0 Å². The van der Waals surface area contributed by atoms with Crippen LogP contribution in [0.1, 0.15) is 25.3 Å². The average molecular weight is 262 g/mol. The highest BCUT2D eigenvalue weighted by atomic mass is 16.5. The molecule has 0 saturated carbocycles. The number of likely N-dealkylation sites (N-methyl/N-ethyl adjacent to an activating group) is 1. The number of rotatable bonds is 5. The molecule has 0 spiro atoms. The number of benzene rings is 1. The number of ether oxygens (including phenoxy) is 1. The molecule has 106 valence electrons. The zero-order chi connectivity index (χ0) is 13.7. The number of hydrogen-bond acceptors (Lipinski definition) is 3. The van der Waals surface area contributed by atoms with Gasteiger partial charge in [0, 0.05) is 12.1 Å². The Balaban J connectivity index is 2.14. The van der Waals surface area contributed by atoms with Crippen LogP contribution < -0.4 is 10.1 Å². The van der Waals surface area contributed by atoms with E-state index in [0.717, 1.165) is 31.9 Å². The molecule has 1 aliphatic heterocycles. The largest absolute Gasteiger partial charge is 0.494 e. The molecular formula is C16H26N2O. The van der Waals surface area contributed by atoms with Crippen molar-refractivity contribution in [3.05, 3.63) is 29.8 Å². The minimum Gasteiger partial charge on any atom is -0.494 e. The van der Waals surface area contributed by atoms with Gasteiger partial charge in [-0.15, -0.1) is 0 Å². The van der Waals surface area contributed by atoms with Gasteiger partial charge >= 0.3 is 0 Å². The zero-order valence-electron chi connectivity index (χ0n) is 12.4. The molecule has 0 aliphatic carbocycles. The zero-order valence-corrected chi connectivity index (χ0v) is 12.4. The first-order valence-corrected chi connectivity index (χ1v) is 7.26. The summed E-state index contributed by atoms with van der Waals surface area (Å²) in [6, 6.07) is 8.53. The van der Waals surface area contributed by atoms with Gasteiger partial charge < -0.3 is 15.0 Å². The molecule has 3 heteroatoms. The van der Waals surface area contributed by atoms with E-state index in [2.05, 4.69) is 42.5 Å². The Morgan fingerprint density at radius 3 is 2.84 bits per heavy atom. The lowest BCUT2D eigenvalue weighted by atomic mass is 9.83. The third-order valence-electron chi connectivity index (χ3n) is 4.14. The van der Waals surface area contributed by atoms with E-state index in [-0.39, 0.29) is 5.54 Å². The molecular weight excluding hydrogens is 236 g/mol. The first-order valence-electron chi connectivity index (χ1n) is 7.26. The Labute approximate surface area is 116 Å². The van der Waals surface area contributed by atoms with Crippen LogP contribution in [-0.2, 0) is 6.42 Å². The maximum Gasteiger partial charge on any atom is 0.119 e. The van der Waals surface area contributed by atoms with E-state index in [1.54, 1.807) is 0 Å². The predicted octanol–water partition coefficient (Wildman–Crippen LogP) is 2.31. The monoisotopic (exact) mass is 262 g/mol. The molecule has 1 saturated heterocycles. The van der Waals surface area contributed by atoms with Crippen molar-refractivity contribution < 1.29 is 4.74 Å². The van der Waals surface area contributed by atoms with Crippen molar-refractivity contribution in [2.45, 2.75) is 31.7 Å². The van der Waals surface area contributed by atoms with Crippen LogP contribution in [0.3, 0.4) is 0 Å². The smallest absolute Gasteiger partial charge is 0.119 e. The molecule has 1 aromatic rings. The summed E-state index contributed by atoms with van der Waals surface area (Å²) in [4.78, 5) is 2.38. The van der Waals surface area contributed by atoms with Crippen LogP contribution in [0.2, 0.25) is 0 Å². The second-order valence-corrected chi connectivity index (χ2v) is 5.66. The summed E-state index contributed by atoms with van der Waals surface area (Å²) in [7, 11) is 4.39. The Hall–Kier alpha value is -1.06. The fourth-order valence-electron chi connectivity index (χ4n) is 2.93. The minimum absolute atomic E-state index is 0.239. The Morgan fingerprint density at radius 1 is 1.37 bits per heavy atom. The number of nitrogens with zero attached hydrogens (tertiary/aromatic N) is 1. The van der Waals surface area contributed by atoms with E-state index < -0.39 is 0 Å². The molecule has 0 aromatic heterocycles. The topological polar surface area (TPSA) is 24.5 Å². The molecule has 1 fully saturated rings. The standard InChI is InChI=1S/C16H26N2O/c1-4-19-15-8-5-7-14(11-15)12-16(18(2)3)9-6-10-17-13-16/h5,7-8,11,17H,4,6,9-10,12-13H2,1-3H3. The summed E-state index contributed by atoms with van der Waals surface area (Å²) in [5.74, 6) is 0.984. The van der Waals surface area contributed by atoms with E-state index in [1.807, 2.05) is 13.0 Å². The summed E-state index contributed by atoms with van der Waals surface area (Å²) >= 11 is 0. The van der Waals surface area contributed by atoms with Crippen molar-refractivity contribution in [3.8, 4) is 5.75 Å². The Bertz CT molecular complexity index is 397. The second-order valence-electron chi connectivity index (χ2n) is 5.66. The summed E-state index contributed by atoms with van der Waals surface area (Å²) in [5, 5.41) is 3.54. The van der Waals surface area contributed by atoms with E-state index in [0.29, 0.717) is 0 Å². The van der Waals surface area contributed by atoms with E-state index in [1.165, 1.54) is 18.4 Å². The average Bonchev–Trinajstić information content (AvgIpc) is 2.40. The van der Waals surface area contributed by atoms with Gasteiger partial charge in [0.2, 0.25) is 0 Å². The molecule has 1 aliphatic rings. The van der Waals surface area contributed by atoms with Crippen molar-refractivity contribution in [2.24, 2.45) is 0 Å². The van der Waals surface area contributed by atoms with Crippen molar-refractivity contribution in [3.63, 3.8) is 0 Å². The lowest BCUT2D eigenvalue weighted by Crippen LogP contribution is -2.56. The summed E-state index contributed by atoms with van der Waals surface area (Å²) in [6.07, 6.45) is 3.59. The molecule has 2 rings (SSSR count). The van der Waals surface area contributed by atoms with Crippen LogP contribution in [-0.4, -0.2) is 44.2 Å². The summed E-state index contributed by atoms with van der Waals surface area (Å²) < 4.78 is 5.60. The van der Waals surface area contributed by atoms with Crippen molar-refractivity contribution in [1.82, 2.24) is 10.2 Å². The highest BCUT2D eigenvalue weighted by Gasteiger charge is 2.34. The summed E-state index contributed by atoms with van der Waals surface area (Å²) in [6.45, 7) is 4.97. The number of hydrogen-bond donors (Lipinski definition) is 1. The SMILES string of the molecule is CCOc1cccc(CC2(N(C)C)CCCNC2)c1. The van der Waals surface area contributed by atoms with Gasteiger partial charge in [-0.05, 0) is 64.5 Å². The van der Waals surface area contributed by atoms with Crippen molar-refractivity contribution in [1.29, 1.82) is 0 Å². The molecule has 19 heavy (non-hydrogen) atoms. The molecule has 1 heterocycles. The molecule has 1 atom stereocenters. The quantitative estimate of drug-likeness (QED) is 0.881. The molecule has 1 aromatic carbocycles. The molecule has 3 nitrogen and oxygen atoms in total. The van der Waals surface area contributed by atoms with Crippen LogP contribution >= 0.6 is 0 Å². The van der Waals surface area contributed by atoms with E-state index in [9.17, 15) is 0 Å². The summed E-state index contributed by atoms with van der Waals surface area (Å²) in [5.41, 5.74) is 1.60. The minimum atomic E-state index is 0.239. The molecule has 1 N–H and O–H groups in total. The van der Waals surface area contributed by atoms with Crippen molar-refractivity contribution >= 4 is 0 Å². The van der Waals surface area contributed by atoms with Gasteiger partial charge in [-0.3, -0.25) is 0 Å². The van der Waals surface area contributed by atoms with Crippen molar-refractivity contribution in [2.75, 3.05) is 33.8 Å². The van der Waals surface area contributed by atoms with Gasteiger partial charge in [0.1, 0.15) is 5.75 Å². The van der Waals surface area contributed by atoms with Crippen LogP contribution in [0, 0.1) is 0 Å². The maximum absolute atomic E-state index is 5.60. The highest BCUT2D eigenvalue weighted by Crippen LogP contribution is 2.27. The highest BCUT2D eigenvalue weighted by molar-refractivity contribution is 5.30. The fraction of sp³-hybridized carbons (Fsp3) is 0.625. The van der Waals surface area contributed by atoms with Gasteiger partial charge in [-0.25, -0.2) is 0 Å².